The Balaban J connectivity index is 1.89. The molecular formula is C16H21N5. The third-order valence-electron chi connectivity index (χ3n) is 4.02. The molecule has 1 aliphatic rings. The monoisotopic (exact) mass is 283 g/mol. The second-order valence-electron chi connectivity index (χ2n) is 5.69. The van der Waals surface area contributed by atoms with Crippen LogP contribution in [0, 0.1) is 0 Å². The first-order valence-corrected chi connectivity index (χ1v) is 7.25. The molecule has 0 amide bonds. The first-order valence-electron chi connectivity index (χ1n) is 7.25. The molecular weight excluding hydrogens is 262 g/mol. The van der Waals surface area contributed by atoms with Gasteiger partial charge >= 0.3 is 0 Å². The lowest BCUT2D eigenvalue weighted by Gasteiger charge is -2.21. The number of aromatic nitrogens is 2. The molecule has 2 N–H and O–H groups in total. The molecule has 0 saturated carbocycles. The summed E-state index contributed by atoms with van der Waals surface area (Å²) in [5.41, 5.74) is 7.85. The highest BCUT2D eigenvalue weighted by atomic mass is 15.3. The molecule has 0 bridgehead atoms. The van der Waals surface area contributed by atoms with E-state index in [9.17, 15) is 0 Å². The Kier molecular flexibility index (Phi) is 3.75. The summed E-state index contributed by atoms with van der Waals surface area (Å²) in [7, 11) is 4.25. The Labute approximate surface area is 125 Å². The van der Waals surface area contributed by atoms with Gasteiger partial charge in [-0.25, -0.2) is 4.98 Å². The van der Waals surface area contributed by atoms with Crippen molar-refractivity contribution < 1.29 is 0 Å². The minimum Gasteiger partial charge on any atom is -0.368 e. The van der Waals surface area contributed by atoms with Gasteiger partial charge in [-0.1, -0.05) is 30.3 Å². The molecule has 3 rings (SSSR count). The van der Waals surface area contributed by atoms with Crippen molar-refractivity contribution in [2.75, 3.05) is 37.8 Å². The zero-order valence-electron chi connectivity index (χ0n) is 12.5. The number of nitrogen functional groups attached to an aromatic ring is 1. The Bertz CT molecular complexity index is 611. The number of nitrogens with zero attached hydrogens (tertiary/aromatic N) is 4. The van der Waals surface area contributed by atoms with E-state index in [-0.39, 0.29) is 0 Å². The molecule has 1 saturated heterocycles. The number of likely N-dealkylation sites (N-methyl/N-ethyl adjacent to an activating group) is 1. The maximum Gasteiger partial charge on any atom is 0.222 e. The van der Waals surface area contributed by atoms with E-state index in [0.29, 0.717) is 12.0 Å². The van der Waals surface area contributed by atoms with Crippen molar-refractivity contribution in [2.45, 2.75) is 12.5 Å². The second-order valence-corrected chi connectivity index (χ2v) is 5.69. The molecule has 1 aromatic heterocycles. The van der Waals surface area contributed by atoms with Gasteiger partial charge < -0.3 is 15.5 Å². The molecule has 1 fully saturated rings. The molecule has 1 unspecified atom stereocenters. The molecule has 2 aromatic rings. The van der Waals surface area contributed by atoms with Crippen LogP contribution in [0.25, 0.3) is 11.3 Å². The molecule has 0 radical (unpaired) electrons. The SMILES string of the molecule is CN(C)C1CCN(c2cc(-c3ccccc3)nc(N)n2)C1. The van der Waals surface area contributed by atoms with E-state index in [0.717, 1.165) is 36.6 Å². The summed E-state index contributed by atoms with van der Waals surface area (Å²) in [6.07, 6.45) is 1.15. The van der Waals surface area contributed by atoms with Crippen molar-refractivity contribution in [1.29, 1.82) is 0 Å². The van der Waals surface area contributed by atoms with Gasteiger partial charge in [-0.15, -0.1) is 0 Å². The third kappa shape index (κ3) is 2.97. The van der Waals surface area contributed by atoms with Crippen LogP contribution >= 0.6 is 0 Å². The fourth-order valence-electron chi connectivity index (χ4n) is 2.74. The number of benzene rings is 1. The average molecular weight is 283 g/mol. The van der Waals surface area contributed by atoms with E-state index in [1.807, 2.05) is 36.4 Å². The predicted molar refractivity (Wildman–Crippen MR) is 86.2 cm³/mol. The summed E-state index contributed by atoms with van der Waals surface area (Å²) in [6, 6.07) is 12.7. The van der Waals surface area contributed by atoms with E-state index in [1.54, 1.807) is 0 Å². The molecule has 0 spiro atoms. The lowest BCUT2D eigenvalue weighted by molar-refractivity contribution is 0.315. The van der Waals surface area contributed by atoms with E-state index >= 15 is 0 Å². The Morgan fingerprint density at radius 3 is 2.62 bits per heavy atom. The van der Waals surface area contributed by atoms with Crippen molar-refractivity contribution in [3.63, 3.8) is 0 Å². The van der Waals surface area contributed by atoms with Crippen LogP contribution in [0.5, 0.6) is 0 Å². The summed E-state index contributed by atoms with van der Waals surface area (Å²) in [4.78, 5) is 13.3. The summed E-state index contributed by atoms with van der Waals surface area (Å²) in [5, 5.41) is 0. The highest BCUT2D eigenvalue weighted by Gasteiger charge is 2.25. The van der Waals surface area contributed by atoms with Crippen LogP contribution in [0.1, 0.15) is 6.42 Å². The number of anilines is 2. The van der Waals surface area contributed by atoms with Gasteiger partial charge in [-0.2, -0.15) is 4.98 Å². The van der Waals surface area contributed by atoms with Crippen LogP contribution in [0.3, 0.4) is 0 Å². The highest BCUT2D eigenvalue weighted by molar-refractivity contribution is 5.64. The van der Waals surface area contributed by atoms with Gasteiger partial charge in [0.2, 0.25) is 5.95 Å². The van der Waals surface area contributed by atoms with Crippen molar-refractivity contribution in [3.8, 4) is 11.3 Å². The van der Waals surface area contributed by atoms with Crippen molar-refractivity contribution in [3.05, 3.63) is 36.4 Å². The van der Waals surface area contributed by atoms with Crippen molar-refractivity contribution >= 4 is 11.8 Å². The van der Waals surface area contributed by atoms with Crippen LogP contribution < -0.4 is 10.6 Å². The number of rotatable bonds is 3. The van der Waals surface area contributed by atoms with Gasteiger partial charge in [0.15, 0.2) is 0 Å². The summed E-state index contributed by atoms with van der Waals surface area (Å²) >= 11 is 0. The molecule has 0 aliphatic carbocycles. The normalized spacial score (nSPS) is 18.4. The fourth-order valence-corrected chi connectivity index (χ4v) is 2.74. The molecule has 5 heteroatoms. The minimum absolute atomic E-state index is 0.333. The largest absolute Gasteiger partial charge is 0.368 e. The zero-order valence-corrected chi connectivity index (χ0v) is 12.5. The minimum atomic E-state index is 0.333. The summed E-state index contributed by atoms with van der Waals surface area (Å²) in [5.74, 6) is 1.25. The molecule has 21 heavy (non-hydrogen) atoms. The van der Waals surface area contributed by atoms with Crippen molar-refractivity contribution in [1.82, 2.24) is 14.9 Å². The van der Waals surface area contributed by atoms with Crippen LogP contribution in [0.4, 0.5) is 11.8 Å². The maximum atomic E-state index is 5.90. The van der Waals surface area contributed by atoms with Gasteiger partial charge in [-0.3, -0.25) is 0 Å². The fraction of sp³-hybridized carbons (Fsp3) is 0.375. The van der Waals surface area contributed by atoms with Crippen LogP contribution in [0.2, 0.25) is 0 Å². The van der Waals surface area contributed by atoms with Crippen LogP contribution in [-0.4, -0.2) is 48.1 Å². The zero-order chi connectivity index (χ0) is 14.8. The third-order valence-corrected chi connectivity index (χ3v) is 4.02. The standard InChI is InChI=1S/C16H21N5/c1-20(2)13-8-9-21(11-13)15-10-14(18-16(17)19-15)12-6-4-3-5-7-12/h3-7,10,13H,8-9,11H2,1-2H3,(H2,17,18,19). The van der Waals surface area contributed by atoms with Crippen LogP contribution in [0.15, 0.2) is 36.4 Å². The topological polar surface area (TPSA) is 58.3 Å². The maximum absolute atomic E-state index is 5.90. The lowest BCUT2D eigenvalue weighted by Crippen LogP contribution is -2.31. The van der Waals surface area contributed by atoms with Gasteiger partial charge in [-0.05, 0) is 20.5 Å². The van der Waals surface area contributed by atoms with E-state index in [2.05, 4.69) is 33.9 Å². The second kappa shape index (κ2) is 5.69. The quantitative estimate of drug-likeness (QED) is 0.932. The number of hydrogen-bond acceptors (Lipinski definition) is 5. The molecule has 110 valence electrons. The summed E-state index contributed by atoms with van der Waals surface area (Å²) < 4.78 is 0. The molecule has 2 heterocycles. The summed E-state index contributed by atoms with van der Waals surface area (Å²) in [6.45, 7) is 1.99. The number of hydrogen-bond donors (Lipinski definition) is 1. The first kappa shape index (κ1) is 13.8. The smallest absolute Gasteiger partial charge is 0.222 e. The van der Waals surface area contributed by atoms with E-state index in [4.69, 9.17) is 5.73 Å². The molecule has 1 aliphatic heterocycles. The van der Waals surface area contributed by atoms with Gasteiger partial charge in [0.25, 0.3) is 0 Å². The first-order chi connectivity index (χ1) is 10.1. The van der Waals surface area contributed by atoms with Crippen molar-refractivity contribution in [2.24, 2.45) is 0 Å². The van der Waals surface area contributed by atoms with E-state index < -0.39 is 0 Å². The van der Waals surface area contributed by atoms with Gasteiger partial charge in [0.1, 0.15) is 5.82 Å². The predicted octanol–water partition coefficient (Wildman–Crippen LogP) is 1.87. The van der Waals surface area contributed by atoms with Crippen LogP contribution in [-0.2, 0) is 0 Å². The lowest BCUT2D eigenvalue weighted by atomic mass is 10.1. The number of nitrogens with two attached hydrogens (primary N) is 1. The molecule has 1 aromatic carbocycles. The van der Waals surface area contributed by atoms with Gasteiger partial charge in [0, 0.05) is 30.8 Å². The van der Waals surface area contributed by atoms with Gasteiger partial charge in [0.05, 0.1) is 5.69 Å². The Morgan fingerprint density at radius 1 is 1.19 bits per heavy atom. The Morgan fingerprint density at radius 2 is 1.95 bits per heavy atom. The van der Waals surface area contributed by atoms with E-state index in [1.165, 1.54) is 0 Å². The Hall–Kier alpha value is -2.14. The average Bonchev–Trinajstić information content (AvgIpc) is 2.98. The molecule has 1 atom stereocenters. The molecule has 5 nitrogen and oxygen atoms in total. The highest BCUT2D eigenvalue weighted by Crippen LogP contribution is 2.25.